The van der Waals surface area contributed by atoms with Crippen molar-refractivity contribution in [2.75, 3.05) is 26.9 Å². The molecule has 0 saturated carbocycles. The van der Waals surface area contributed by atoms with E-state index in [4.69, 9.17) is 14.2 Å². The summed E-state index contributed by atoms with van der Waals surface area (Å²) in [5.74, 6) is 0.138. The predicted molar refractivity (Wildman–Crippen MR) is 82.4 cm³/mol. The molecule has 1 atom stereocenters. The van der Waals surface area contributed by atoms with E-state index >= 15 is 0 Å². The van der Waals surface area contributed by atoms with Crippen molar-refractivity contribution in [3.05, 3.63) is 29.3 Å². The molecule has 2 heterocycles. The zero-order valence-electron chi connectivity index (χ0n) is 13.6. The third kappa shape index (κ3) is 2.52. The van der Waals surface area contributed by atoms with Crippen molar-refractivity contribution in [1.29, 1.82) is 0 Å². The van der Waals surface area contributed by atoms with Gasteiger partial charge in [0.2, 0.25) is 5.91 Å². The van der Waals surface area contributed by atoms with Crippen LogP contribution in [-0.2, 0) is 19.7 Å². The summed E-state index contributed by atoms with van der Waals surface area (Å²) in [4.78, 5) is 26.9. The zero-order chi connectivity index (χ0) is 16.6. The molecular weight excluding hydrogens is 298 g/mol. The first-order valence-corrected chi connectivity index (χ1v) is 7.79. The lowest BCUT2D eigenvalue weighted by atomic mass is 9.73. The van der Waals surface area contributed by atoms with Crippen molar-refractivity contribution in [3.63, 3.8) is 0 Å². The maximum atomic E-state index is 13.0. The quantitative estimate of drug-likeness (QED) is 0.791. The molecule has 2 aliphatic heterocycles. The van der Waals surface area contributed by atoms with E-state index in [0.29, 0.717) is 43.1 Å². The Hall–Kier alpha value is -1.92. The minimum atomic E-state index is -0.886. The minimum absolute atomic E-state index is 0.218. The standard InChI is InChI=1S/C17H21NO5/c1-4-18-15(19)12-6-5-11(21-3)9-13(12)17(2,16(18)20)10-14-22-7-8-23-14/h5-6,9,14H,4,7-8,10H2,1-3H3. The van der Waals surface area contributed by atoms with Crippen LogP contribution in [0, 0.1) is 0 Å². The number of fused-ring (bicyclic) bond motifs is 1. The predicted octanol–water partition coefficient (Wildman–Crippen LogP) is 1.72. The molecule has 1 unspecified atom stereocenters. The number of likely N-dealkylation sites (N-methyl/N-ethyl adjacent to an activating group) is 1. The van der Waals surface area contributed by atoms with Gasteiger partial charge in [-0.15, -0.1) is 0 Å². The molecule has 1 fully saturated rings. The van der Waals surface area contributed by atoms with E-state index in [9.17, 15) is 9.59 Å². The van der Waals surface area contributed by atoms with Crippen LogP contribution in [0.4, 0.5) is 0 Å². The second-order valence-electron chi connectivity index (χ2n) is 5.97. The van der Waals surface area contributed by atoms with Crippen LogP contribution >= 0.6 is 0 Å². The van der Waals surface area contributed by atoms with Gasteiger partial charge >= 0.3 is 0 Å². The molecule has 0 aliphatic carbocycles. The summed E-state index contributed by atoms with van der Waals surface area (Å²) in [7, 11) is 1.56. The number of nitrogens with zero attached hydrogens (tertiary/aromatic N) is 1. The first-order valence-electron chi connectivity index (χ1n) is 7.79. The van der Waals surface area contributed by atoms with Crippen LogP contribution in [0.25, 0.3) is 0 Å². The van der Waals surface area contributed by atoms with E-state index < -0.39 is 11.7 Å². The van der Waals surface area contributed by atoms with Gasteiger partial charge in [0.25, 0.3) is 5.91 Å². The molecular formula is C17H21NO5. The summed E-state index contributed by atoms with van der Waals surface area (Å²) in [5.41, 5.74) is 0.325. The summed E-state index contributed by atoms with van der Waals surface area (Å²) in [6.07, 6.45) is -0.0645. The molecule has 6 nitrogen and oxygen atoms in total. The largest absolute Gasteiger partial charge is 0.497 e. The Morgan fingerprint density at radius 1 is 1.30 bits per heavy atom. The number of hydrogen-bond donors (Lipinski definition) is 0. The van der Waals surface area contributed by atoms with Gasteiger partial charge in [-0.25, -0.2) is 0 Å². The van der Waals surface area contributed by atoms with E-state index in [1.165, 1.54) is 4.90 Å². The second kappa shape index (κ2) is 5.94. The van der Waals surface area contributed by atoms with Gasteiger partial charge in [0.05, 0.1) is 25.7 Å². The van der Waals surface area contributed by atoms with Crippen molar-refractivity contribution < 1.29 is 23.8 Å². The Kier molecular flexibility index (Phi) is 4.12. The monoisotopic (exact) mass is 319 g/mol. The summed E-state index contributed by atoms with van der Waals surface area (Å²) in [6, 6.07) is 5.23. The maximum absolute atomic E-state index is 13.0. The van der Waals surface area contributed by atoms with Crippen molar-refractivity contribution in [2.24, 2.45) is 0 Å². The highest BCUT2D eigenvalue weighted by Gasteiger charge is 2.49. The van der Waals surface area contributed by atoms with E-state index in [1.807, 2.05) is 6.92 Å². The Balaban J connectivity index is 2.10. The Morgan fingerprint density at radius 3 is 2.61 bits per heavy atom. The fourth-order valence-corrected chi connectivity index (χ4v) is 3.29. The number of methoxy groups -OCH3 is 1. The number of imide groups is 1. The molecule has 2 amide bonds. The number of benzene rings is 1. The summed E-state index contributed by atoms with van der Waals surface area (Å²) in [5, 5.41) is 0. The van der Waals surface area contributed by atoms with Crippen molar-refractivity contribution in [1.82, 2.24) is 4.90 Å². The van der Waals surface area contributed by atoms with Crippen LogP contribution in [0.3, 0.4) is 0 Å². The molecule has 23 heavy (non-hydrogen) atoms. The lowest BCUT2D eigenvalue weighted by Crippen LogP contribution is -2.54. The number of hydrogen-bond acceptors (Lipinski definition) is 5. The number of amides is 2. The smallest absolute Gasteiger partial charge is 0.260 e. The van der Waals surface area contributed by atoms with Gasteiger partial charge < -0.3 is 14.2 Å². The zero-order valence-corrected chi connectivity index (χ0v) is 13.6. The van der Waals surface area contributed by atoms with Crippen molar-refractivity contribution in [3.8, 4) is 5.75 Å². The molecule has 0 aromatic heterocycles. The fourth-order valence-electron chi connectivity index (χ4n) is 3.29. The van der Waals surface area contributed by atoms with E-state index in [-0.39, 0.29) is 11.8 Å². The SMILES string of the molecule is CCN1C(=O)c2ccc(OC)cc2C(C)(CC2OCCO2)C1=O. The van der Waals surface area contributed by atoms with E-state index in [2.05, 4.69) is 0 Å². The van der Waals surface area contributed by atoms with Crippen molar-refractivity contribution in [2.45, 2.75) is 32.0 Å². The number of rotatable bonds is 4. The maximum Gasteiger partial charge on any atom is 0.260 e. The van der Waals surface area contributed by atoms with Crippen molar-refractivity contribution >= 4 is 11.8 Å². The Bertz CT molecular complexity index is 638. The molecule has 0 N–H and O–H groups in total. The van der Waals surface area contributed by atoms with E-state index in [0.717, 1.165) is 0 Å². The first kappa shape index (κ1) is 16.0. The average Bonchev–Trinajstić information content (AvgIpc) is 3.06. The van der Waals surface area contributed by atoms with Gasteiger partial charge in [-0.1, -0.05) is 0 Å². The van der Waals surface area contributed by atoms with Gasteiger partial charge in [0.1, 0.15) is 5.75 Å². The molecule has 0 bridgehead atoms. The second-order valence-corrected chi connectivity index (χ2v) is 5.97. The highest BCUT2D eigenvalue weighted by molar-refractivity contribution is 6.13. The minimum Gasteiger partial charge on any atom is -0.497 e. The van der Waals surface area contributed by atoms with E-state index in [1.54, 1.807) is 32.2 Å². The lowest BCUT2D eigenvalue weighted by molar-refractivity contribution is -0.139. The number of carbonyl (C=O) groups is 2. The third-order valence-electron chi connectivity index (χ3n) is 4.60. The normalized spacial score (nSPS) is 24.9. The lowest BCUT2D eigenvalue weighted by Gasteiger charge is -2.40. The summed E-state index contributed by atoms with van der Waals surface area (Å²) in [6.45, 7) is 5.03. The van der Waals surface area contributed by atoms with Crippen LogP contribution < -0.4 is 4.74 Å². The van der Waals surface area contributed by atoms with Crippen LogP contribution in [0.2, 0.25) is 0 Å². The molecule has 0 spiro atoms. The van der Waals surface area contributed by atoms with Gasteiger partial charge in [0.15, 0.2) is 6.29 Å². The van der Waals surface area contributed by atoms with Crippen LogP contribution in [-0.4, -0.2) is 49.9 Å². The third-order valence-corrected chi connectivity index (χ3v) is 4.60. The fraction of sp³-hybridized carbons (Fsp3) is 0.529. The molecule has 124 valence electrons. The Morgan fingerprint density at radius 2 is 2.00 bits per heavy atom. The molecule has 1 aromatic carbocycles. The van der Waals surface area contributed by atoms with Gasteiger partial charge in [-0.3, -0.25) is 14.5 Å². The van der Waals surface area contributed by atoms with Gasteiger partial charge in [-0.05, 0) is 37.6 Å². The molecule has 2 aliphatic rings. The van der Waals surface area contributed by atoms with Crippen LogP contribution in [0.1, 0.15) is 36.2 Å². The first-order chi connectivity index (χ1) is 11.0. The van der Waals surface area contributed by atoms with Crippen LogP contribution in [0.15, 0.2) is 18.2 Å². The average molecular weight is 319 g/mol. The van der Waals surface area contributed by atoms with Gasteiger partial charge in [0, 0.05) is 18.5 Å². The van der Waals surface area contributed by atoms with Gasteiger partial charge in [-0.2, -0.15) is 0 Å². The highest BCUT2D eigenvalue weighted by Crippen LogP contribution is 2.40. The molecule has 6 heteroatoms. The molecule has 1 saturated heterocycles. The number of carbonyl (C=O) groups excluding carboxylic acids is 2. The topological polar surface area (TPSA) is 65.1 Å². The number of ether oxygens (including phenoxy) is 3. The Labute approximate surface area is 135 Å². The van der Waals surface area contributed by atoms with Crippen LogP contribution in [0.5, 0.6) is 5.75 Å². The molecule has 3 rings (SSSR count). The highest BCUT2D eigenvalue weighted by atomic mass is 16.7. The molecule has 0 radical (unpaired) electrons. The summed E-state index contributed by atoms with van der Waals surface area (Å²) < 4.78 is 16.3. The molecule has 1 aromatic rings. The summed E-state index contributed by atoms with van der Waals surface area (Å²) >= 11 is 0.